The van der Waals surface area contributed by atoms with Crippen LogP contribution in [0.25, 0.3) is 0 Å². The molecule has 0 aromatic heterocycles. The summed E-state index contributed by atoms with van der Waals surface area (Å²) >= 11 is 0. The van der Waals surface area contributed by atoms with E-state index < -0.39 is 8.07 Å². The summed E-state index contributed by atoms with van der Waals surface area (Å²) in [5, 5.41) is 9.91. The van der Waals surface area contributed by atoms with Gasteiger partial charge in [0.05, 0.1) is 8.07 Å². The van der Waals surface area contributed by atoms with Gasteiger partial charge in [-0.3, -0.25) is 0 Å². The summed E-state index contributed by atoms with van der Waals surface area (Å²) in [5.74, 6) is 0. The number of benzene rings is 1. The van der Waals surface area contributed by atoms with E-state index in [1.165, 1.54) is 5.56 Å². The lowest BCUT2D eigenvalue weighted by Crippen LogP contribution is -2.38. The number of hydrogen-bond donors (Lipinski definition) is 1. The van der Waals surface area contributed by atoms with Crippen molar-refractivity contribution in [3.05, 3.63) is 35.9 Å². The molecule has 1 atom stereocenters. The van der Waals surface area contributed by atoms with Gasteiger partial charge in [0, 0.05) is 5.73 Å². The van der Waals surface area contributed by atoms with E-state index in [0.717, 1.165) is 12.8 Å². The molecule has 1 nitrogen and oxygen atoms in total. The average Bonchev–Trinajstić information content (AvgIpc) is 2.14. The standard InChI is InChI=1S/C12H20OSi/c1-14(2,3)12(13)10-9-11-7-5-4-6-8-11/h4-8,12-13H,9-10H2,1-3H3. The van der Waals surface area contributed by atoms with E-state index in [4.69, 9.17) is 0 Å². The molecule has 0 bridgehead atoms. The second-order valence-electron chi connectivity index (χ2n) is 4.91. The van der Waals surface area contributed by atoms with Crippen LogP contribution in [0, 0.1) is 0 Å². The van der Waals surface area contributed by atoms with E-state index in [9.17, 15) is 5.11 Å². The van der Waals surface area contributed by atoms with Crippen LogP contribution in [-0.2, 0) is 6.42 Å². The number of hydrogen-bond acceptors (Lipinski definition) is 1. The molecule has 2 heteroatoms. The Kier molecular flexibility index (Phi) is 3.90. The maximum Gasteiger partial charge on any atom is 0.0781 e. The SMILES string of the molecule is C[Si](C)(C)C(O)CCc1ccccc1. The largest absolute Gasteiger partial charge is 0.397 e. The number of aliphatic hydroxyl groups excluding tert-OH is 1. The highest BCUT2D eigenvalue weighted by atomic mass is 28.3. The van der Waals surface area contributed by atoms with Gasteiger partial charge in [0.25, 0.3) is 0 Å². The minimum absolute atomic E-state index is 0.0808. The van der Waals surface area contributed by atoms with E-state index >= 15 is 0 Å². The molecule has 0 aliphatic heterocycles. The zero-order chi connectivity index (χ0) is 10.6. The van der Waals surface area contributed by atoms with Crippen molar-refractivity contribution in [3.63, 3.8) is 0 Å². The summed E-state index contributed by atoms with van der Waals surface area (Å²) in [6, 6.07) is 10.4. The molecule has 0 aliphatic carbocycles. The summed E-state index contributed by atoms with van der Waals surface area (Å²) in [4.78, 5) is 0. The van der Waals surface area contributed by atoms with Crippen molar-refractivity contribution < 1.29 is 5.11 Å². The normalized spacial score (nSPS) is 14.0. The van der Waals surface area contributed by atoms with Crippen LogP contribution in [0.15, 0.2) is 30.3 Å². The van der Waals surface area contributed by atoms with Gasteiger partial charge < -0.3 is 5.11 Å². The first-order chi connectivity index (χ1) is 6.50. The van der Waals surface area contributed by atoms with Gasteiger partial charge in [-0.2, -0.15) is 0 Å². The van der Waals surface area contributed by atoms with Crippen LogP contribution in [0.2, 0.25) is 19.6 Å². The van der Waals surface area contributed by atoms with Gasteiger partial charge in [-0.1, -0.05) is 50.0 Å². The monoisotopic (exact) mass is 208 g/mol. The fraction of sp³-hybridized carbons (Fsp3) is 0.500. The van der Waals surface area contributed by atoms with Gasteiger partial charge >= 0.3 is 0 Å². The van der Waals surface area contributed by atoms with Crippen molar-refractivity contribution in [2.45, 2.75) is 38.2 Å². The molecule has 14 heavy (non-hydrogen) atoms. The molecule has 78 valence electrons. The third kappa shape index (κ3) is 3.64. The minimum atomic E-state index is -1.36. The summed E-state index contributed by atoms with van der Waals surface area (Å²) < 4.78 is 0. The van der Waals surface area contributed by atoms with Gasteiger partial charge in [-0.05, 0) is 18.4 Å². The first kappa shape index (κ1) is 11.5. The van der Waals surface area contributed by atoms with Crippen molar-refractivity contribution in [2.75, 3.05) is 0 Å². The smallest absolute Gasteiger partial charge is 0.0781 e. The molecular formula is C12H20OSi. The first-order valence-electron chi connectivity index (χ1n) is 5.22. The van der Waals surface area contributed by atoms with E-state index in [1.807, 2.05) is 6.07 Å². The molecule has 0 saturated carbocycles. The molecule has 0 fully saturated rings. The predicted molar refractivity (Wildman–Crippen MR) is 64.1 cm³/mol. The van der Waals surface area contributed by atoms with Gasteiger partial charge in [0.2, 0.25) is 0 Å². The summed E-state index contributed by atoms with van der Waals surface area (Å²) in [6.07, 6.45) is 1.89. The van der Waals surface area contributed by atoms with E-state index in [2.05, 4.69) is 43.9 Å². The molecule has 0 radical (unpaired) electrons. The highest BCUT2D eigenvalue weighted by Gasteiger charge is 2.23. The Hall–Kier alpha value is -0.603. The molecule has 1 unspecified atom stereocenters. The molecular weight excluding hydrogens is 188 g/mol. The summed E-state index contributed by atoms with van der Waals surface area (Å²) in [6.45, 7) is 6.63. The van der Waals surface area contributed by atoms with Crippen LogP contribution in [0.5, 0.6) is 0 Å². The second-order valence-corrected chi connectivity index (χ2v) is 10.3. The zero-order valence-corrected chi connectivity index (χ0v) is 10.3. The molecule has 0 heterocycles. The van der Waals surface area contributed by atoms with Crippen LogP contribution >= 0.6 is 0 Å². The molecule has 1 rings (SSSR count). The van der Waals surface area contributed by atoms with Crippen LogP contribution in [0.3, 0.4) is 0 Å². The Morgan fingerprint density at radius 2 is 1.71 bits per heavy atom. The average molecular weight is 208 g/mol. The van der Waals surface area contributed by atoms with Crippen molar-refractivity contribution >= 4 is 8.07 Å². The minimum Gasteiger partial charge on any atom is -0.397 e. The number of aliphatic hydroxyl groups is 1. The van der Waals surface area contributed by atoms with Gasteiger partial charge in [-0.15, -0.1) is 0 Å². The fourth-order valence-corrected chi connectivity index (χ4v) is 2.39. The highest BCUT2D eigenvalue weighted by molar-refractivity contribution is 6.77. The maximum absolute atomic E-state index is 9.91. The van der Waals surface area contributed by atoms with Crippen LogP contribution in [0.4, 0.5) is 0 Å². The topological polar surface area (TPSA) is 20.2 Å². The third-order valence-electron chi connectivity index (χ3n) is 2.55. The van der Waals surface area contributed by atoms with Gasteiger partial charge in [-0.25, -0.2) is 0 Å². The lowest BCUT2D eigenvalue weighted by molar-refractivity contribution is 0.233. The molecule has 0 saturated heterocycles. The Morgan fingerprint density at radius 1 is 1.14 bits per heavy atom. The number of rotatable bonds is 4. The van der Waals surface area contributed by atoms with Crippen molar-refractivity contribution in [1.29, 1.82) is 0 Å². The van der Waals surface area contributed by atoms with Crippen LogP contribution < -0.4 is 0 Å². The Bertz CT molecular complexity index is 263. The van der Waals surface area contributed by atoms with Gasteiger partial charge in [0.15, 0.2) is 0 Å². The summed E-state index contributed by atoms with van der Waals surface area (Å²) in [5.41, 5.74) is 1.24. The molecule has 0 spiro atoms. The highest BCUT2D eigenvalue weighted by Crippen LogP contribution is 2.13. The summed E-state index contributed by atoms with van der Waals surface area (Å²) in [7, 11) is -1.36. The van der Waals surface area contributed by atoms with Crippen LogP contribution in [-0.4, -0.2) is 18.9 Å². The fourth-order valence-electron chi connectivity index (χ4n) is 1.38. The maximum atomic E-state index is 9.91. The van der Waals surface area contributed by atoms with E-state index in [1.54, 1.807) is 0 Å². The van der Waals surface area contributed by atoms with Gasteiger partial charge in [0.1, 0.15) is 0 Å². The quantitative estimate of drug-likeness (QED) is 0.754. The van der Waals surface area contributed by atoms with Crippen LogP contribution in [0.1, 0.15) is 12.0 Å². The molecule has 0 aliphatic rings. The van der Waals surface area contributed by atoms with E-state index in [0.29, 0.717) is 0 Å². The predicted octanol–water partition coefficient (Wildman–Crippen LogP) is 2.86. The lowest BCUT2D eigenvalue weighted by Gasteiger charge is -2.23. The first-order valence-corrected chi connectivity index (χ1v) is 8.80. The zero-order valence-electron chi connectivity index (χ0n) is 9.33. The van der Waals surface area contributed by atoms with E-state index in [-0.39, 0.29) is 5.73 Å². The molecule has 1 aromatic rings. The second kappa shape index (κ2) is 4.76. The molecule has 0 amide bonds. The van der Waals surface area contributed by atoms with Crippen molar-refractivity contribution in [3.8, 4) is 0 Å². The van der Waals surface area contributed by atoms with Crippen molar-refractivity contribution in [1.82, 2.24) is 0 Å². The third-order valence-corrected chi connectivity index (χ3v) is 4.84. The Morgan fingerprint density at radius 3 is 2.21 bits per heavy atom. The lowest BCUT2D eigenvalue weighted by atomic mass is 10.1. The molecule has 1 aromatic carbocycles. The Balaban J connectivity index is 2.42. The van der Waals surface area contributed by atoms with Crippen molar-refractivity contribution in [2.24, 2.45) is 0 Å². The Labute approximate surface area is 87.8 Å². The molecule has 1 N–H and O–H groups in total. The number of aryl methyl sites for hydroxylation is 1.